The van der Waals surface area contributed by atoms with E-state index >= 15 is 0 Å². The minimum absolute atomic E-state index is 0.00522. The second-order valence-corrected chi connectivity index (χ2v) is 18.4. The summed E-state index contributed by atoms with van der Waals surface area (Å²) in [7, 11) is 0. The van der Waals surface area contributed by atoms with Gasteiger partial charge in [-0.1, -0.05) is 23.5 Å². The van der Waals surface area contributed by atoms with E-state index in [9.17, 15) is 15.0 Å². The van der Waals surface area contributed by atoms with E-state index in [2.05, 4.69) is 25.1 Å². The Morgan fingerprint density at radius 3 is 2.64 bits per heavy atom. The van der Waals surface area contributed by atoms with Gasteiger partial charge in [-0.3, -0.25) is 4.68 Å². The smallest absolute Gasteiger partial charge is 0.388 e. The van der Waals surface area contributed by atoms with Crippen molar-refractivity contribution in [3.05, 3.63) is 81.5 Å². The molecule has 4 aliphatic carbocycles. The Labute approximate surface area is 342 Å². The molecule has 1 spiro atoms. The Morgan fingerprint density at radius 1 is 1.10 bits per heavy atom. The molecule has 3 aromatic heterocycles. The van der Waals surface area contributed by atoms with Crippen molar-refractivity contribution in [3.63, 3.8) is 0 Å². The number of carboxylic acids is 1. The maximum atomic E-state index is 12.9. The van der Waals surface area contributed by atoms with Crippen molar-refractivity contribution < 1.29 is 24.9 Å². The molecule has 4 fully saturated rings. The number of thiazole rings is 1. The molecule has 1 aromatic carbocycles. The highest BCUT2D eigenvalue weighted by Crippen LogP contribution is 2.87. The molecule has 0 amide bonds. The summed E-state index contributed by atoms with van der Waals surface area (Å²) in [5, 5.41) is 41.4. The number of anilines is 2. The van der Waals surface area contributed by atoms with Crippen molar-refractivity contribution in [3.8, 4) is 17.7 Å². The van der Waals surface area contributed by atoms with Gasteiger partial charge in [-0.05, 0) is 126 Å². The molecule has 1 aliphatic heterocycles. The Kier molecular flexibility index (Phi) is 9.96. The summed E-state index contributed by atoms with van der Waals surface area (Å²) in [5.74, 6) is 1.43. The van der Waals surface area contributed by atoms with Crippen LogP contribution in [0.3, 0.4) is 0 Å². The summed E-state index contributed by atoms with van der Waals surface area (Å²) in [4.78, 5) is 28.5. The zero-order valence-corrected chi connectivity index (χ0v) is 34.3. The molecule has 4 heterocycles. The van der Waals surface area contributed by atoms with Crippen LogP contribution >= 0.6 is 11.3 Å². The molecule has 0 saturated heterocycles. The molecular formula is C44H53N8O5S+. The third-order valence-electron chi connectivity index (χ3n) is 14.4. The number of hydrogen-bond donors (Lipinski definition) is 5. The third-order valence-corrected chi connectivity index (χ3v) is 15.3. The number of carbonyl (C=O) groups is 1. The number of aromatic carboxylic acids is 1. The van der Waals surface area contributed by atoms with E-state index in [1.165, 1.54) is 12.8 Å². The van der Waals surface area contributed by atoms with E-state index in [1.807, 2.05) is 63.4 Å². The number of pyridine rings is 1. The van der Waals surface area contributed by atoms with Gasteiger partial charge in [-0.25, -0.2) is 15.1 Å². The van der Waals surface area contributed by atoms with Gasteiger partial charge in [-0.15, -0.1) is 0 Å². The summed E-state index contributed by atoms with van der Waals surface area (Å²) >= 11 is 1.54. The third kappa shape index (κ3) is 6.25. The van der Waals surface area contributed by atoms with Crippen LogP contribution in [0.5, 0.6) is 0 Å². The Balaban J connectivity index is 0.902. The van der Waals surface area contributed by atoms with E-state index in [0.717, 1.165) is 83.5 Å². The lowest BCUT2D eigenvalue weighted by molar-refractivity contribution is -0.326. The second-order valence-electron chi connectivity index (χ2n) is 17.4. The molecule has 9 rings (SSSR count). The van der Waals surface area contributed by atoms with Crippen molar-refractivity contribution in [1.29, 1.82) is 0 Å². The lowest BCUT2D eigenvalue weighted by atomic mass is 9.35. The molecule has 0 radical (unpaired) electrons. The summed E-state index contributed by atoms with van der Waals surface area (Å²) in [6.07, 6.45) is 9.15. The predicted octanol–water partition coefficient (Wildman–Crippen LogP) is 7.04. The largest absolute Gasteiger partial charge is 0.476 e. The monoisotopic (exact) mass is 805 g/mol. The highest BCUT2D eigenvalue weighted by molar-refractivity contribution is 7.22. The molecule has 2 bridgehead atoms. The molecular weight excluding hydrogens is 753 g/mol. The van der Waals surface area contributed by atoms with Gasteiger partial charge in [0, 0.05) is 47.6 Å². The number of aliphatic hydroxyl groups excluding tert-OH is 2. The first-order chi connectivity index (χ1) is 28.0. The van der Waals surface area contributed by atoms with Gasteiger partial charge in [-0.2, -0.15) is 14.9 Å². The van der Waals surface area contributed by atoms with Gasteiger partial charge in [0.15, 0.2) is 5.69 Å². The van der Waals surface area contributed by atoms with Crippen LogP contribution in [0.15, 0.2) is 65.3 Å². The van der Waals surface area contributed by atoms with Crippen LogP contribution in [0.2, 0.25) is 0 Å². The summed E-state index contributed by atoms with van der Waals surface area (Å²) in [5.41, 5.74) is 6.66. The Bertz CT molecular complexity index is 2330. The fraction of sp³-hybridized carbons (Fsp3) is 0.523. The van der Waals surface area contributed by atoms with Crippen LogP contribution < -0.4 is 15.5 Å². The quantitative estimate of drug-likeness (QED) is 0.0739. The van der Waals surface area contributed by atoms with Gasteiger partial charge in [0.1, 0.15) is 12.4 Å². The van der Waals surface area contributed by atoms with E-state index in [0.29, 0.717) is 60.3 Å². The molecule has 304 valence electrons. The Morgan fingerprint density at radius 2 is 1.90 bits per heavy atom. The average molecular weight is 806 g/mol. The van der Waals surface area contributed by atoms with Crippen LogP contribution in [0, 0.1) is 36.2 Å². The number of ether oxygens (including phenoxy) is 1. The standard InChI is InChI=1S/C44H52N8O5S/c1-26(39(45-4)50-41-48-35-9-5-6-10-36(35)58-41)32-8-7-16-51(27(32)2)37-12-11-33(38(49-37)40(55)56)34-22-47-52(28(34)3)25-42-18-29-20-43(21-30(19-42)44(29,43)24-42)57-17-15-46-14-13-31(54)23-53/h4-6,9-12,22,29-31,46,53-54H,7-8,13-21,23-25H2,1-3H3,(H-,48,50,55,56)/p+1/b39-26+. The molecule has 58 heavy (non-hydrogen) atoms. The highest BCUT2D eigenvalue weighted by Gasteiger charge is 2.85. The van der Waals surface area contributed by atoms with Crippen LogP contribution in [-0.2, 0) is 11.3 Å². The minimum atomic E-state index is -1.07. The fourth-order valence-corrected chi connectivity index (χ4v) is 12.6. The molecule has 3 unspecified atom stereocenters. The zero-order chi connectivity index (χ0) is 40.4. The lowest BCUT2D eigenvalue weighted by Gasteiger charge is -2.73. The number of nitrogens with zero attached hydrogens (tertiary/aromatic N) is 6. The van der Waals surface area contributed by atoms with E-state index < -0.39 is 12.1 Å². The lowest BCUT2D eigenvalue weighted by Crippen LogP contribution is -2.74. The average Bonchev–Trinajstić information content (AvgIpc) is 3.96. The van der Waals surface area contributed by atoms with Crippen LogP contribution in [0.1, 0.15) is 81.4 Å². The van der Waals surface area contributed by atoms with Gasteiger partial charge in [0.05, 0.1) is 46.9 Å². The van der Waals surface area contributed by atoms with Gasteiger partial charge in [0.25, 0.3) is 5.13 Å². The number of fused-ring (bicyclic) bond motifs is 2. The fourth-order valence-electron chi connectivity index (χ4n) is 11.8. The van der Waals surface area contributed by atoms with Crippen LogP contribution in [0.4, 0.5) is 10.9 Å². The van der Waals surface area contributed by atoms with Crippen LogP contribution in [-0.4, -0.2) is 85.6 Å². The van der Waals surface area contributed by atoms with Crippen molar-refractivity contribution in [2.45, 2.75) is 90.4 Å². The first-order valence-electron chi connectivity index (χ1n) is 20.6. The minimum Gasteiger partial charge on any atom is -0.476 e. The molecule has 5 N–H and O–H groups in total. The number of rotatable bonds is 16. The van der Waals surface area contributed by atoms with Crippen molar-refractivity contribution in [1.82, 2.24) is 25.1 Å². The first-order valence-corrected chi connectivity index (χ1v) is 21.4. The highest BCUT2D eigenvalue weighted by atomic mass is 32.1. The first kappa shape index (κ1) is 38.8. The number of nitrogens with one attached hydrogen (secondary N) is 2. The van der Waals surface area contributed by atoms with Crippen molar-refractivity contribution in [2.24, 2.45) is 22.7 Å². The predicted molar refractivity (Wildman–Crippen MR) is 225 cm³/mol. The maximum absolute atomic E-state index is 12.9. The van der Waals surface area contributed by atoms with Gasteiger partial charge in [0.2, 0.25) is 0 Å². The number of carboxylic acid groups (broad SMARTS) is 1. The van der Waals surface area contributed by atoms with Gasteiger partial charge >= 0.3 is 11.8 Å². The maximum Gasteiger partial charge on any atom is 0.388 e. The summed E-state index contributed by atoms with van der Waals surface area (Å²) < 4.78 is 9.84. The molecule has 4 saturated carbocycles. The molecule has 14 heteroatoms. The molecule has 3 atom stereocenters. The van der Waals surface area contributed by atoms with E-state index in [-0.39, 0.29) is 28.7 Å². The number of para-hydroxylation sites is 1. The number of benzene rings is 1. The molecule has 4 aromatic rings. The zero-order valence-electron chi connectivity index (χ0n) is 33.5. The number of aromatic nitrogens is 4. The van der Waals surface area contributed by atoms with E-state index in [4.69, 9.17) is 31.5 Å². The van der Waals surface area contributed by atoms with Crippen molar-refractivity contribution >= 4 is 38.5 Å². The van der Waals surface area contributed by atoms with E-state index in [1.54, 1.807) is 11.3 Å². The second kappa shape index (κ2) is 14.9. The van der Waals surface area contributed by atoms with Crippen molar-refractivity contribution in [2.75, 3.05) is 43.1 Å². The number of hydrogen-bond acceptors (Lipinski definition) is 11. The molecule has 13 nitrogen and oxygen atoms in total. The van der Waals surface area contributed by atoms with Crippen LogP contribution in [0.25, 0.3) is 26.2 Å². The number of aliphatic hydroxyl groups is 2. The summed E-state index contributed by atoms with van der Waals surface area (Å²) in [6, 6.07) is 11.8. The SMILES string of the molecule is C#[N+]/C(Nc1nc2ccccc2s1)=C(/C)C1=C(C)N(c2ccc(-c3cnn(CC45CC6CC7(OCCNCCC(O)CO)CC(C4)C67C5)c3C)c(C(=O)O)n2)CCC1. The molecule has 5 aliphatic rings. The number of allylic oxidation sites excluding steroid dienone is 3. The topological polar surface area (TPSA) is 162 Å². The van der Waals surface area contributed by atoms with Gasteiger partial charge < -0.3 is 30.3 Å². The Hall–Kier alpha value is -4.65. The summed E-state index contributed by atoms with van der Waals surface area (Å²) in [6.45, 7) is 15.4. The normalized spacial score (nSPS) is 27.8.